The highest BCUT2D eigenvalue weighted by molar-refractivity contribution is 9.09. The number of aryl methyl sites for hydroxylation is 2. The second-order valence-corrected chi connectivity index (χ2v) is 7.01. The Balaban J connectivity index is 1.97. The molecule has 2 nitrogen and oxygen atoms in total. The van der Waals surface area contributed by atoms with E-state index in [4.69, 9.17) is 9.47 Å². The molecule has 1 aliphatic rings. The second-order valence-electron chi connectivity index (χ2n) is 4.92. The van der Waals surface area contributed by atoms with Crippen LogP contribution in [-0.2, 0) is 12.8 Å². The number of benzene rings is 1. The first-order valence-electron chi connectivity index (χ1n) is 6.70. The van der Waals surface area contributed by atoms with Crippen LogP contribution in [0.1, 0.15) is 32.1 Å². The molecule has 0 bridgehead atoms. The van der Waals surface area contributed by atoms with Crippen molar-refractivity contribution in [3.8, 4) is 11.5 Å². The Bertz CT molecular complexity index is 599. The molecule has 0 radical (unpaired) electrons. The van der Waals surface area contributed by atoms with Crippen molar-refractivity contribution in [2.45, 2.75) is 24.1 Å². The Hall–Kier alpha value is -1.00. The summed E-state index contributed by atoms with van der Waals surface area (Å²) >= 11 is 5.74. The molecule has 0 N–H and O–H groups in total. The number of ether oxygens (including phenoxy) is 2. The number of methoxy groups -OCH3 is 2. The van der Waals surface area contributed by atoms with Gasteiger partial charge in [-0.05, 0) is 49.1 Å². The second kappa shape index (κ2) is 5.78. The highest BCUT2D eigenvalue weighted by Crippen LogP contribution is 2.43. The van der Waals surface area contributed by atoms with Gasteiger partial charge < -0.3 is 9.47 Å². The smallest absolute Gasteiger partial charge is 0.123 e. The summed E-state index contributed by atoms with van der Waals surface area (Å²) in [5.74, 6) is 1.75. The summed E-state index contributed by atoms with van der Waals surface area (Å²) in [6, 6.07) is 8.27. The third-order valence-electron chi connectivity index (χ3n) is 3.73. The van der Waals surface area contributed by atoms with Gasteiger partial charge in [-0.1, -0.05) is 15.9 Å². The van der Waals surface area contributed by atoms with E-state index in [1.54, 1.807) is 19.1 Å². The first-order chi connectivity index (χ1) is 9.72. The van der Waals surface area contributed by atoms with E-state index in [1.165, 1.54) is 29.7 Å². The SMILES string of the molecule is COc1ccc(OC)c(C(Br)c2cc3c(s2)CCC3)c1. The molecule has 1 aromatic heterocycles. The number of halogens is 1. The highest BCUT2D eigenvalue weighted by atomic mass is 79.9. The quantitative estimate of drug-likeness (QED) is 0.740. The third-order valence-corrected chi connectivity index (χ3v) is 6.32. The monoisotopic (exact) mass is 352 g/mol. The molecule has 1 aromatic carbocycles. The van der Waals surface area contributed by atoms with Gasteiger partial charge in [0.05, 0.1) is 19.0 Å². The van der Waals surface area contributed by atoms with Crippen LogP contribution in [0.3, 0.4) is 0 Å². The lowest BCUT2D eigenvalue weighted by molar-refractivity contribution is 0.399. The molecule has 0 saturated carbocycles. The molecule has 3 rings (SSSR count). The number of rotatable bonds is 4. The van der Waals surface area contributed by atoms with Gasteiger partial charge in [0.2, 0.25) is 0 Å². The fourth-order valence-corrected chi connectivity index (χ4v) is 4.69. The van der Waals surface area contributed by atoms with E-state index in [1.807, 2.05) is 29.5 Å². The predicted molar refractivity (Wildman–Crippen MR) is 86.7 cm³/mol. The van der Waals surface area contributed by atoms with Gasteiger partial charge in [-0.3, -0.25) is 0 Å². The van der Waals surface area contributed by atoms with Crippen LogP contribution in [0, 0.1) is 0 Å². The molecule has 20 heavy (non-hydrogen) atoms. The Morgan fingerprint density at radius 3 is 2.70 bits per heavy atom. The Kier molecular flexibility index (Phi) is 4.03. The van der Waals surface area contributed by atoms with Crippen molar-refractivity contribution in [3.63, 3.8) is 0 Å². The van der Waals surface area contributed by atoms with Gasteiger partial charge in [0.1, 0.15) is 11.5 Å². The zero-order chi connectivity index (χ0) is 14.1. The van der Waals surface area contributed by atoms with E-state index in [2.05, 4.69) is 22.0 Å². The van der Waals surface area contributed by atoms with Crippen LogP contribution < -0.4 is 9.47 Å². The standard InChI is InChI=1S/C16H17BrO2S/c1-18-11-6-7-13(19-2)12(9-11)16(17)15-8-10-4-3-5-14(10)20-15/h6-9,16H,3-5H2,1-2H3. The largest absolute Gasteiger partial charge is 0.497 e. The van der Waals surface area contributed by atoms with E-state index in [9.17, 15) is 0 Å². The van der Waals surface area contributed by atoms with Crippen molar-refractivity contribution >= 4 is 27.3 Å². The zero-order valence-corrected chi connectivity index (χ0v) is 14.0. The minimum atomic E-state index is 0.156. The Labute approximate surface area is 131 Å². The lowest BCUT2D eigenvalue weighted by Gasteiger charge is -2.14. The van der Waals surface area contributed by atoms with Crippen LogP contribution in [0.5, 0.6) is 11.5 Å². The number of fused-ring (bicyclic) bond motifs is 1. The van der Waals surface area contributed by atoms with Crippen molar-refractivity contribution in [1.29, 1.82) is 0 Å². The van der Waals surface area contributed by atoms with Crippen molar-refractivity contribution in [2.75, 3.05) is 14.2 Å². The molecule has 1 atom stereocenters. The van der Waals surface area contributed by atoms with Crippen molar-refractivity contribution in [3.05, 3.63) is 45.1 Å². The van der Waals surface area contributed by atoms with Gasteiger partial charge in [0.15, 0.2) is 0 Å². The number of hydrogen-bond donors (Lipinski definition) is 0. The van der Waals surface area contributed by atoms with Crippen LogP contribution >= 0.6 is 27.3 Å². The summed E-state index contributed by atoms with van der Waals surface area (Å²) in [6.07, 6.45) is 3.76. The van der Waals surface area contributed by atoms with Crippen LogP contribution in [0.4, 0.5) is 0 Å². The van der Waals surface area contributed by atoms with Gasteiger partial charge >= 0.3 is 0 Å². The molecule has 0 saturated heterocycles. The summed E-state index contributed by atoms with van der Waals surface area (Å²) in [4.78, 5) is 3.05. The molecule has 0 fully saturated rings. The van der Waals surface area contributed by atoms with Crippen LogP contribution in [-0.4, -0.2) is 14.2 Å². The molecule has 1 unspecified atom stereocenters. The van der Waals surface area contributed by atoms with E-state index in [0.29, 0.717) is 0 Å². The van der Waals surface area contributed by atoms with Crippen LogP contribution in [0.2, 0.25) is 0 Å². The van der Waals surface area contributed by atoms with Gasteiger partial charge in [-0.15, -0.1) is 11.3 Å². The summed E-state index contributed by atoms with van der Waals surface area (Å²) in [7, 11) is 3.40. The van der Waals surface area contributed by atoms with E-state index >= 15 is 0 Å². The first kappa shape index (κ1) is 14.0. The lowest BCUT2D eigenvalue weighted by atomic mass is 10.1. The number of alkyl halides is 1. The number of thiophene rings is 1. The molecule has 1 heterocycles. The van der Waals surface area contributed by atoms with Crippen LogP contribution in [0.15, 0.2) is 24.3 Å². The van der Waals surface area contributed by atoms with Gasteiger partial charge in [-0.25, -0.2) is 0 Å². The maximum absolute atomic E-state index is 5.48. The first-order valence-corrected chi connectivity index (χ1v) is 8.43. The maximum atomic E-state index is 5.48. The molecule has 1 aliphatic carbocycles. The molecule has 106 valence electrons. The molecule has 0 aliphatic heterocycles. The Morgan fingerprint density at radius 2 is 2.00 bits per heavy atom. The Morgan fingerprint density at radius 1 is 1.15 bits per heavy atom. The normalized spacial score (nSPS) is 14.9. The molecule has 0 amide bonds. The summed E-state index contributed by atoms with van der Waals surface area (Å²) in [5, 5.41) is 0. The minimum Gasteiger partial charge on any atom is -0.497 e. The zero-order valence-electron chi connectivity index (χ0n) is 11.6. The molecule has 2 aromatic rings. The molecule has 0 spiro atoms. The maximum Gasteiger partial charge on any atom is 0.123 e. The summed E-state index contributed by atoms with van der Waals surface area (Å²) < 4.78 is 10.8. The highest BCUT2D eigenvalue weighted by Gasteiger charge is 2.22. The van der Waals surface area contributed by atoms with Gasteiger partial charge in [0.25, 0.3) is 0 Å². The topological polar surface area (TPSA) is 18.5 Å². The van der Waals surface area contributed by atoms with Gasteiger partial charge in [-0.2, -0.15) is 0 Å². The van der Waals surface area contributed by atoms with E-state index in [0.717, 1.165) is 17.1 Å². The van der Waals surface area contributed by atoms with Crippen molar-refractivity contribution < 1.29 is 9.47 Å². The molecular formula is C16H17BrO2S. The fourth-order valence-electron chi connectivity index (χ4n) is 2.67. The van der Waals surface area contributed by atoms with Crippen molar-refractivity contribution in [2.24, 2.45) is 0 Å². The fraction of sp³-hybridized carbons (Fsp3) is 0.375. The number of hydrogen-bond acceptors (Lipinski definition) is 3. The molecule has 4 heteroatoms. The van der Waals surface area contributed by atoms with Gasteiger partial charge in [0, 0.05) is 15.3 Å². The van der Waals surface area contributed by atoms with Crippen molar-refractivity contribution in [1.82, 2.24) is 0 Å². The molecular weight excluding hydrogens is 336 g/mol. The average Bonchev–Trinajstić information content (AvgIpc) is 3.07. The van der Waals surface area contributed by atoms with Crippen LogP contribution in [0.25, 0.3) is 0 Å². The lowest BCUT2D eigenvalue weighted by Crippen LogP contribution is -1.96. The summed E-state index contributed by atoms with van der Waals surface area (Å²) in [6.45, 7) is 0. The summed E-state index contributed by atoms with van der Waals surface area (Å²) in [5.41, 5.74) is 2.64. The van der Waals surface area contributed by atoms with E-state index in [-0.39, 0.29) is 4.83 Å². The third kappa shape index (κ3) is 2.47. The van der Waals surface area contributed by atoms with E-state index < -0.39 is 0 Å². The minimum absolute atomic E-state index is 0.156. The average molecular weight is 353 g/mol. The predicted octanol–water partition coefficient (Wildman–Crippen LogP) is 4.74.